The van der Waals surface area contributed by atoms with Crippen LogP contribution in [-0.2, 0) is 14.1 Å². The maximum atomic E-state index is 2.97. The van der Waals surface area contributed by atoms with E-state index in [1.54, 1.807) is 0 Å². The van der Waals surface area contributed by atoms with E-state index in [0.29, 0.717) is 0 Å². The monoisotopic (exact) mass is 96.1 g/mol. The highest BCUT2D eigenvalue weighted by atomic mass is 15.1. The smallest absolute Gasteiger partial charge is 0.226 e. The Labute approximate surface area is 43.0 Å². The number of aromatic nitrogens is 2. The fraction of sp³-hybridized carbons (Fsp3) is 0.400. The molecule has 37 valence electrons. The molecule has 0 atom stereocenters. The normalized spacial score (nSPS) is 9.43. The molecule has 0 aliphatic rings. The lowest BCUT2D eigenvalue weighted by Gasteiger charge is -1.69. The average molecular weight is 96.1 g/mol. The SMILES string of the molecule is Cn1[c][n+](C)cc1. The van der Waals surface area contributed by atoms with E-state index in [4.69, 9.17) is 0 Å². The van der Waals surface area contributed by atoms with Gasteiger partial charge in [-0.05, 0) is 0 Å². The quantitative estimate of drug-likeness (QED) is 0.390. The van der Waals surface area contributed by atoms with E-state index in [1.807, 2.05) is 35.6 Å². The van der Waals surface area contributed by atoms with Gasteiger partial charge in [0.1, 0.15) is 12.4 Å². The molecular weight excluding hydrogens is 88.1 g/mol. The van der Waals surface area contributed by atoms with Gasteiger partial charge in [-0.15, -0.1) is 0 Å². The molecule has 0 saturated heterocycles. The summed E-state index contributed by atoms with van der Waals surface area (Å²) in [5, 5.41) is 0. The molecule has 0 saturated carbocycles. The summed E-state index contributed by atoms with van der Waals surface area (Å²) in [6.07, 6.45) is 6.86. The third kappa shape index (κ3) is 0.796. The predicted molar refractivity (Wildman–Crippen MR) is 25.4 cm³/mol. The number of aryl methyl sites for hydroxylation is 2. The molecule has 0 spiro atoms. The van der Waals surface area contributed by atoms with Crippen molar-refractivity contribution in [1.82, 2.24) is 4.57 Å². The minimum atomic E-state index is 1.88. The van der Waals surface area contributed by atoms with Crippen molar-refractivity contribution in [3.8, 4) is 0 Å². The highest BCUT2D eigenvalue weighted by molar-refractivity contribution is 4.59. The molecule has 2 heteroatoms. The van der Waals surface area contributed by atoms with Gasteiger partial charge in [-0.25, -0.2) is 9.13 Å². The van der Waals surface area contributed by atoms with Crippen molar-refractivity contribution < 1.29 is 4.57 Å². The first-order chi connectivity index (χ1) is 3.29. The van der Waals surface area contributed by atoms with Crippen molar-refractivity contribution >= 4 is 0 Å². The van der Waals surface area contributed by atoms with Crippen LogP contribution in [0.15, 0.2) is 12.4 Å². The van der Waals surface area contributed by atoms with Gasteiger partial charge in [0.15, 0.2) is 0 Å². The first kappa shape index (κ1) is 4.37. The average Bonchev–Trinajstić information content (AvgIpc) is 1.87. The van der Waals surface area contributed by atoms with Crippen LogP contribution >= 0.6 is 0 Å². The molecule has 1 radical (unpaired) electrons. The zero-order chi connectivity index (χ0) is 5.28. The van der Waals surface area contributed by atoms with Crippen LogP contribution in [0.3, 0.4) is 0 Å². The summed E-state index contributed by atoms with van der Waals surface area (Å²) in [5.41, 5.74) is 0. The van der Waals surface area contributed by atoms with Gasteiger partial charge < -0.3 is 0 Å². The maximum absolute atomic E-state index is 2.97. The second kappa shape index (κ2) is 1.37. The molecule has 0 aliphatic carbocycles. The van der Waals surface area contributed by atoms with E-state index >= 15 is 0 Å². The summed E-state index contributed by atoms with van der Waals surface area (Å²) in [4.78, 5) is 0. The van der Waals surface area contributed by atoms with Crippen LogP contribution in [0.2, 0.25) is 0 Å². The van der Waals surface area contributed by atoms with E-state index in [2.05, 4.69) is 6.33 Å². The van der Waals surface area contributed by atoms with Crippen molar-refractivity contribution in [2.75, 3.05) is 0 Å². The predicted octanol–water partition coefficient (Wildman–Crippen LogP) is -0.350. The van der Waals surface area contributed by atoms with Crippen molar-refractivity contribution in [2.45, 2.75) is 0 Å². The fourth-order valence-electron chi connectivity index (χ4n) is 0.515. The maximum Gasteiger partial charge on any atom is 0.372 e. The van der Waals surface area contributed by atoms with Gasteiger partial charge in [0.05, 0.1) is 14.1 Å². The number of imidazole rings is 1. The lowest BCUT2D eigenvalue weighted by Crippen LogP contribution is -2.24. The first-order valence-corrected chi connectivity index (χ1v) is 2.19. The standard InChI is InChI=1S/C5H8N2/c1-6-3-4-7(2)5-6/h3-4H,1-2H3/q+1. The summed E-state index contributed by atoms with van der Waals surface area (Å²) in [6.45, 7) is 0. The van der Waals surface area contributed by atoms with Crippen molar-refractivity contribution in [2.24, 2.45) is 14.1 Å². The van der Waals surface area contributed by atoms with Crippen LogP contribution in [0.1, 0.15) is 0 Å². The Hall–Kier alpha value is -0.790. The molecule has 0 bridgehead atoms. The zero-order valence-electron chi connectivity index (χ0n) is 4.55. The zero-order valence-corrected chi connectivity index (χ0v) is 4.55. The Morgan fingerprint density at radius 3 is 2.57 bits per heavy atom. The number of hydrogen-bond donors (Lipinski definition) is 0. The Kier molecular flexibility index (Phi) is 0.855. The van der Waals surface area contributed by atoms with Crippen molar-refractivity contribution in [3.05, 3.63) is 18.7 Å². The van der Waals surface area contributed by atoms with Gasteiger partial charge in [0, 0.05) is 0 Å². The fourth-order valence-corrected chi connectivity index (χ4v) is 0.515. The van der Waals surface area contributed by atoms with E-state index in [1.165, 1.54) is 0 Å². The molecule has 0 aliphatic heterocycles. The first-order valence-electron chi connectivity index (χ1n) is 2.19. The van der Waals surface area contributed by atoms with E-state index in [-0.39, 0.29) is 0 Å². The van der Waals surface area contributed by atoms with Gasteiger partial charge in [0.2, 0.25) is 0 Å². The van der Waals surface area contributed by atoms with E-state index < -0.39 is 0 Å². The second-order valence-electron chi connectivity index (χ2n) is 1.62. The number of rotatable bonds is 0. The minimum absolute atomic E-state index is 1.88. The number of hydrogen-bond acceptors (Lipinski definition) is 0. The van der Waals surface area contributed by atoms with Crippen molar-refractivity contribution in [1.29, 1.82) is 0 Å². The molecule has 0 aromatic carbocycles. The molecule has 1 aromatic rings. The van der Waals surface area contributed by atoms with Gasteiger partial charge >= 0.3 is 6.33 Å². The summed E-state index contributed by atoms with van der Waals surface area (Å²) in [7, 11) is 3.89. The van der Waals surface area contributed by atoms with Crippen LogP contribution in [0.5, 0.6) is 0 Å². The third-order valence-corrected chi connectivity index (χ3v) is 0.829. The molecule has 1 heterocycles. The van der Waals surface area contributed by atoms with E-state index in [9.17, 15) is 0 Å². The highest BCUT2D eigenvalue weighted by Gasteiger charge is 1.90. The van der Waals surface area contributed by atoms with Crippen molar-refractivity contribution in [3.63, 3.8) is 0 Å². The van der Waals surface area contributed by atoms with Crippen LogP contribution in [0.4, 0.5) is 0 Å². The van der Waals surface area contributed by atoms with Gasteiger partial charge in [0.25, 0.3) is 0 Å². The van der Waals surface area contributed by atoms with Crippen LogP contribution in [0.25, 0.3) is 0 Å². The molecule has 0 unspecified atom stereocenters. The Morgan fingerprint density at radius 2 is 2.43 bits per heavy atom. The second-order valence-corrected chi connectivity index (χ2v) is 1.62. The topological polar surface area (TPSA) is 8.81 Å². The molecule has 1 rings (SSSR count). The Balaban J connectivity index is 3.04. The van der Waals surface area contributed by atoms with Gasteiger partial charge in [-0.2, -0.15) is 0 Å². The van der Waals surface area contributed by atoms with Crippen LogP contribution in [-0.4, -0.2) is 4.57 Å². The summed E-state index contributed by atoms with van der Waals surface area (Å²) in [6, 6.07) is 0. The molecule has 0 fully saturated rings. The molecule has 0 amide bonds. The lowest BCUT2D eigenvalue weighted by atomic mass is 10.9. The molecule has 2 nitrogen and oxygen atoms in total. The Morgan fingerprint density at radius 1 is 1.71 bits per heavy atom. The summed E-state index contributed by atoms with van der Waals surface area (Å²) in [5.74, 6) is 0. The van der Waals surface area contributed by atoms with Crippen LogP contribution in [0, 0.1) is 6.33 Å². The van der Waals surface area contributed by atoms with Gasteiger partial charge in [-0.1, -0.05) is 0 Å². The largest absolute Gasteiger partial charge is 0.372 e. The molecular formula is C5H8N2+. The summed E-state index contributed by atoms with van der Waals surface area (Å²) >= 11 is 0. The number of nitrogens with zero attached hydrogens (tertiary/aromatic N) is 2. The highest BCUT2D eigenvalue weighted by Crippen LogP contribution is 1.69. The van der Waals surface area contributed by atoms with Crippen LogP contribution < -0.4 is 4.57 Å². The third-order valence-electron chi connectivity index (χ3n) is 0.829. The minimum Gasteiger partial charge on any atom is -0.226 e. The van der Waals surface area contributed by atoms with E-state index in [0.717, 1.165) is 0 Å². The molecule has 1 aromatic heterocycles. The summed E-state index contributed by atoms with van der Waals surface area (Å²) < 4.78 is 3.75. The Bertz CT molecular complexity index is 138. The molecule has 7 heavy (non-hydrogen) atoms. The molecule has 0 N–H and O–H groups in total. The lowest BCUT2D eigenvalue weighted by molar-refractivity contribution is -0.675. The van der Waals surface area contributed by atoms with Gasteiger partial charge in [-0.3, -0.25) is 0 Å².